The quantitative estimate of drug-likeness (QED) is 0.560. The van der Waals surface area contributed by atoms with Crippen LogP contribution in [0, 0.1) is 0 Å². The van der Waals surface area contributed by atoms with Gasteiger partial charge < -0.3 is 10.2 Å². The van der Waals surface area contributed by atoms with E-state index in [0.717, 1.165) is 0 Å². The van der Waals surface area contributed by atoms with E-state index < -0.39 is 11.9 Å². The number of rotatable bonds is 2. The van der Waals surface area contributed by atoms with Gasteiger partial charge >= 0.3 is 11.9 Å². The molecule has 1 aliphatic rings. The zero-order valence-corrected chi connectivity index (χ0v) is 9.26. The minimum Gasteiger partial charge on any atom is -0.478 e. The molecule has 0 amide bonds. The predicted octanol–water partition coefficient (Wildman–Crippen LogP) is 2.61. The van der Waals surface area contributed by atoms with Crippen molar-refractivity contribution in [3.8, 4) is 0 Å². The van der Waals surface area contributed by atoms with E-state index in [1.807, 2.05) is 0 Å². The van der Waals surface area contributed by atoms with Crippen molar-refractivity contribution in [2.75, 3.05) is 0 Å². The molecular formula is C12H18O4. The molecule has 0 fully saturated rings. The third kappa shape index (κ3) is 12.4. The Hall–Kier alpha value is -1.58. The third-order valence-electron chi connectivity index (χ3n) is 2.03. The fraction of sp³-hybridized carbons (Fsp3) is 0.500. The highest BCUT2D eigenvalue weighted by atomic mass is 16.4. The second-order valence-electron chi connectivity index (χ2n) is 3.47. The molecule has 0 unspecified atom stereocenters. The molecule has 0 aromatic rings. The smallest absolute Gasteiger partial charge is 0.328 e. The van der Waals surface area contributed by atoms with E-state index in [1.165, 1.54) is 38.5 Å². The van der Waals surface area contributed by atoms with Crippen molar-refractivity contribution in [1.82, 2.24) is 0 Å². The molecule has 0 aliphatic heterocycles. The van der Waals surface area contributed by atoms with E-state index in [0.29, 0.717) is 12.2 Å². The van der Waals surface area contributed by atoms with Crippen molar-refractivity contribution in [2.24, 2.45) is 0 Å². The lowest BCUT2D eigenvalue weighted by molar-refractivity contribution is -0.134. The normalized spacial score (nSPS) is 15.8. The SMILES string of the molecule is C1=CCCCCCC1.O=C(O)/C=C\C(=O)O. The summed E-state index contributed by atoms with van der Waals surface area (Å²) in [5.74, 6) is -2.51. The van der Waals surface area contributed by atoms with E-state index in [2.05, 4.69) is 12.2 Å². The first-order valence-electron chi connectivity index (χ1n) is 5.42. The van der Waals surface area contributed by atoms with Crippen LogP contribution in [0.4, 0.5) is 0 Å². The van der Waals surface area contributed by atoms with Crippen molar-refractivity contribution >= 4 is 11.9 Å². The molecule has 2 N–H and O–H groups in total. The fourth-order valence-corrected chi connectivity index (χ4v) is 1.26. The van der Waals surface area contributed by atoms with Gasteiger partial charge in [-0.1, -0.05) is 25.0 Å². The first kappa shape index (κ1) is 14.4. The van der Waals surface area contributed by atoms with Gasteiger partial charge in [-0.25, -0.2) is 9.59 Å². The number of carboxylic acid groups (broad SMARTS) is 2. The number of hydrogen-bond acceptors (Lipinski definition) is 2. The third-order valence-corrected chi connectivity index (χ3v) is 2.03. The number of hydrogen-bond donors (Lipinski definition) is 2. The highest BCUT2D eigenvalue weighted by Crippen LogP contribution is 2.09. The monoisotopic (exact) mass is 226 g/mol. The van der Waals surface area contributed by atoms with Crippen LogP contribution in [-0.2, 0) is 9.59 Å². The number of carbonyl (C=O) groups is 2. The zero-order valence-electron chi connectivity index (χ0n) is 9.26. The Morgan fingerprint density at radius 2 is 1.19 bits per heavy atom. The fourth-order valence-electron chi connectivity index (χ4n) is 1.26. The van der Waals surface area contributed by atoms with Crippen molar-refractivity contribution in [2.45, 2.75) is 38.5 Å². The Morgan fingerprint density at radius 3 is 1.50 bits per heavy atom. The minimum absolute atomic E-state index is 0.558. The largest absolute Gasteiger partial charge is 0.478 e. The Morgan fingerprint density at radius 1 is 0.812 bits per heavy atom. The average molecular weight is 226 g/mol. The van der Waals surface area contributed by atoms with Crippen LogP contribution in [-0.4, -0.2) is 22.2 Å². The Balaban J connectivity index is 0.000000281. The molecule has 4 nitrogen and oxygen atoms in total. The van der Waals surface area contributed by atoms with Gasteiger partial charge in [-0.05, 0) is 25.7 Å². The van der Waals surface area contributed by atoms with Gasteiger partial charge in [0.25, 0.3) is 0 Å². The molecule has 0 atom stereocenters. The second kappa shape index (κ2) is 9.96. The predicted molar refractivity (Wildman–Crippen MR) is 61.3 cm³/mol. The van der Waals surface area contributed by atoms with E-state index in [4.69, 9.17) is 10.2 Å². The molecular weight excluding hydrogens is 208 g/mol. The van der Waals surface area contributed by atoms with Crippen molar-refractivity contribution in [3.05, 3.63) is 24.3 Å². The standard InChI is InChI=1S/C8H14.C4H4O4/c1-2-4-6-8-7-5-3-1;5-3(6)1-2-4(7)8/h1-2H,3-8H2;1-2H,(H,5,6)(H,7,8)/b;2-1-. The molecule has 0 aromatic heterocycles. The molecule has 0 aromatic carbocycles. The summed E-state index contributed by atoms with van der Waals surface area (Å²) < 4.78 is 0. The lowest BCUT2D eigenvalue weighted by Gasteiger charge is -2.00. The summed E-state index contributed by atoms with van der Waals surface area (Å²) in [5.41, 5.74) is 0. The summed E-state index contributed by atoms with van der Waals surface area (Å²) in [6.07, 6.45) is 14.1. The van der Waals surface area contributed by atoms with Crippen molar-refractivity contribution in [1.29, 1.82) is 0 Å². The maximum absolute atomic E-state index is 9.55. The zero-order chi connectivity index (χ0) is 12.2. The molecule has 90 valence electrons. The van der Waals surface area contributed by atoms with Gasteiger partial charge in [-0.15, -0.1) is 0 Å². The van der Waals surface area contributed by atoms with Crippen LogP contribution < -0.4 is 0 Å². The van der Waals surface area contributed by atoms with E-state index in [-0.39, 0.29) is 0 Å². The number of aliphatic carboxylic acids is 2. The van der Waals surface area contributed by atoms with E-state index >= 15 is 0 Å². The molecule has 1 aliphatic carbocycles. The Labute approximate surface area is 95.3 Å². The number of allylic oxidation sites excluding steroid dienone is 2. The van der Waals surface area contributed by atoms with Crippen LogP contribution in [0.15, 0.2) is 24.3 Å². The van der Waals surface area contributed by atoms with Crippen molar-refractivity contribution in [3.63, 3.8) is 0 Å². The lowest BCUT2D eigenvalue weighted by Crippen LogP contribution is -1.91. The first-order valence-corrected chi connectivity index (χ1v) is 5.42. The summed E-state index contributed by atoms with van der Waals surface area (Å²) in [7, 11) is 0. The summed E-state index contributed by atoms with van der Waals surface area (Å²) in [4.78, 5) is 19.1. The van der Waals surface area contributed by atoms with Gasteiger partial charge in [0, 0.05) is 12.2 Å². The summed E-state index contributed by atoms with van der Waals surface area (Å²) in [6.45, 7) is 0. The molecule has 0 radical (unpaired) electrons. The first-order chi connectivity index (χ1) is 7.63. The van der Waals surface area contributed by atoms with Gasteiger partial charge in [0.1, 0.15) is 0 Å². The second-order valence-corrected chi connectivity index (χ2v) is 3.47. The topological polar surface area (TPSA) is 74.6 Å². The molecule has 1 rings (SSSR count). The van der Waals surface area contributed by atoms with Crippen LogP contribution in [0.2, 0.25) is 0 Å². The van der Waals surface area contributed by atoms with Gasteiger partial charge in [0.2, 0.25) is 0 Å². The van der Waals surface area contributed by atoms with Crippen molar-refractivity contribution < 1.29 is 19.8 Å². The molecule has 4 heteroatoms. The minimum atomic E-state index is -1.26. The van der Waals surface area contributed by atoms with Crippen LogP contribution in [0.25, 0.3) is 0 Å². The molecule has 0 bridgehead atoms. The van der Waals surface area contributed by atoms with Gasteiger partial charge in [0.05, 0.1) is 0 Å². The summed E-state index contributed by atoms with van der Waals surface area (Å²) in [6, 6.07) is 0. The highest BCUT2D eigenvalue weighted by Gasteiger charge is 1.90. The summed E-state index contributed by atoms with van der Waals surface area (Å²) >= 11 is 0. The van der Waals surface area contributed by atoms with Crippen LogP contribution in [0.1, 0.15) is 38.5 Å². The molecule has 0 saturated carbocycles. The number of carboxylic acids is 2. The summed E-state index contributed by atoms with van der Waals surface area (Å²) in [5, 5.41) is 15.6. The van der Waals surface area contributed by atoms with E-state index in [1.54, 1.807) is 0 Å². The molecule has 0 saturated heterocycles. The highest BCUT2D eigenvalue weighted by molar-refractivity contribution is 5.89. The van der Waals surface area contributed by atoms with Crippen LogP contribution in [0.5, 0.6) is 0 Å². The Bertz CT molecular complexity index is 240. The maximum Gasteiger partial charge on any atom is 0.328 e. The molecule has 16 heavy (non-hydrogen) atoms. The lowest BCUT2D eigenvalue weighted by atomic mass is 10.1. The van der Waals surface area contributed by atoms with Crippen LogP contribution in [0.3, 0.4) is 0 Å². The van der Waals surface area contributed by atoms with E-state index in [9.17, 15) is 9.59 Å². The van der Waals surface area contributed by atoms with Gasteiger partial charge in [0.15, 0.2) is 0 Å². The molecule has 0 spiro atoms. The average Bonchev–Trinajstić information content (AvgIpc) is 2.14. The molecule has 0 heterocycles. The van der Waals surface area contributed by atoms with Crippen LogP contribution >= 0.6 is 0 Å². The maximum atomic E-state index is 9.55. The Kier molecular flexibility index (Phi) is 8.97. The van der Waals surface area contributed by atoms with Gasteiger partial charge in [-0.2, -0.15) is 0 Å². The van der Waals surface area contributed by atoms with Gasteiger partial charge in [-0.3, -0.25) is 0 Å².